The largest absolute Gasteiger partial charge is 0.350 e. The maximum absolute atomic E-state index is 5.94. The first-order valence-corrected chi connectivity index (χ1v) is 7.27. The molecular formula is C15H23N3. The maximum Gasteiger partial charge on any atom is 0.129 e. The molecule has 1 saturated heterocycles. The molecule has 0 bridgehead atoms. The monoisotopic (exact) mass is 245 g/mol. The quantitative estimate of drug-likeness (QED) is 0.869. The number of nitrogens with zero attached hydrogens (tertiary/aromatic N) is 2. The highest BCUT2D eigenvalue weighted by atomic mass is 15.2. The number of piperidine rings is 1. The second-order valence-corrected chi connectivity index (χ2v) is 5.71. The summed E-state index contributed by atoms with van der Waals surface area (Å²) in [5.41, 5.74) is 8.71. The molecule has 3 heteroatoms. The third-order valence-electron chi connectivity index (χ3n) is 4.48. The third kappa shape index (κ3) is 2.01. The molecule has 1 aliphatic carbocycles. The number of rotatable bonds is 2. The van der Waals surface area contributed by atoms with Crippen LogP contribution in [0.3, 0.4) is 0 Å². The molecule has 2 N–H and O–H groups in total. The first-order valence-electron chi connectivity index (χ1n) is 7.27. The van der Waals surface area contributed by atoms with Crippen LogP contribution < -0.4 is 10.6 Å². The van der Waals surface area contributed by atoms with E-state index in [4.69, 9.17) is 10.7 Å². The van der Waals surface area contributed by atoms with Gasteiger partial charge in [0, 0.05) is 24.3 Å². The molecule has 18 heavy (non-hydrogen) atoms. The van der Waals surface area contributed by atoms with Gasteiger partial charge in [-0.2, -0.15) is 0 Å². The van der Waals surface area contributed by atoms with Gasteiger partial charge in [-0.15, -0.1) is 0 Å². The maximum atomic E-state index is 5.94. The second-order valence-electron chi connectivity index (χ2n) is 5.71. The summed E-state index contributed by atoms with van der Waals surface area (Å²) in [6, 6.07) is 5.52. The van der Waals surface area contributed by atoms with Gasteiger partial charge >= 0.3 is 0 Å². The van der Waals surface area contributed by atoms with Crippen molar-refractivity contribution < 1.29 is 0 Å². The number of hydrogen-bond acceptors (Lipinski definition) is 3. The molecule has 0 radical (unpaired) electrons. The molecule has 2 unspecified atom stereocenters. The van der Waals surface area contributed by atoms with Crippen LogP contribution >= 0.6 is 0 Å². The Balaban J connectivity index is 1.91. The van der Waals surface area contributed by atoms with Crippen molar-refractivity contribution in [2.75, 3.05) is 11.4 Å². The zero-order valence-electron chi connectivity index (χ0n) is 11.2. The molecule has 1 aliphatic heterocycles. The average Bonchev–Trinajstić information content (AvgIpc) is 2.85. The van der Waals surface area contributed by atoms with Gasteiger partial charge in [0.15, 0.2) is 0 Å². The van der Waals surface area contributed by atoms with Crippen molar-refractivity contribution in [1.29, 1.82) is 0 Å². The standard InChI is InChI=1S/C15H23N3/c1-11-4-2-6-13(10-16)18(11)15-9-8-12-5-3-7-14(12)17-15/h8-9,11,13H,2-7,10,16H2,1H3. The molecule has 0 spiro atoms. The van der Waals surface area contributed by atoms with Crippen LogP contribution in [-0.4, -0.2) is 23.6 Å². The Labute approximate surface area is 109 Å². The Morgan fingerprint density at radius 1 is 1.28 bits per heavy atom. The number of nitrogens with two attached hydrogens (primary N) is 1. The lowest BCUT2D eigenvalue weighted by atomic mass is 9.96. The summed E-state index contributed by atoms with van der Waals surface area (Å²) in [7, 11) is 0. The molecule has 0 amide bonds. The minimum atomic E-state index is 0.473. The SMILES string of the molecule is CC1CCCC(CN)N1c1ccc2c(n1)CCC2. The van der Waals surface area contributed by atoms with Crippen molar-refractivity contribution in [3.63, 3.8) is 0 Å². The molecule has 98 valence electrons. The number of hydrogen-bond donors (Lipinski definition) is 1. The summed E-state index contributed by atoms with van der Waals surface area (Å²) >= 11 is 0. The van der Waals surface area contributed by atoms with Crippen LogP contribution in [0.2, 0.25) is 0 Å². The Bertz CT molecular complexity index is 430. The van der Waals surface area contributed by atoms with Crippen LogP contribution in [0.4, 0.5) is 5.82 Å². The lowest BCUT2D eigenvalue weighted by Crippen LogP contribution is -2.49. The predicted octanol–water partition coefficient (Wildman–Crippen LogP) is 2.28. The summed E-state index contributed by atoms with van der Waals surface area (Å²) in [6.07, 6.45) is 7.39. The highest BCUT2D eigenvalue weighted by Crippen LogP contribution is 2.30. The summed E-state index contributed by atoms with van der Waals surface area (Å²) in [5.74, 6) is 1.15. The van der Waals surface area contributed by atoms with E-state index in [1.807, 2.05) is 0 Å². The van der Waals surface area contributed by atoms with E-state index < -0.39 is 0 Å². The molecule has 0 aromatic carbocycles. The summed E-state index contributed by atoms with van der Waals surface area (Å²) < 4.78 is 0. The Morgan fingerprint density at radius 3 is 3.00 bits per heavy atom. The second kappa shape index (κ2) is 4.88. The van der Waals surface area contributed by atoms with Gasteiger partial charge in [0.1, 0.15) is 5.82 Å². The van der Waals surface area contributed by atoms with Crippen molar-refractivity contribution in [2.24, 2.45) is 5.73 Å². The number of fused-ring (bicyclic) bond motifs is 1. The van der Waals surface area contributed by atoms with Crippen molar-refractivity contribution in [3.05, 3.63) is 23.4 Å². The van der Waals surface area contributed by atoms with Crippen LogP contribution in [0.1, 0.15) is 43.9 Å². The number of anilines is 1. The minimum absolute atomic E-state index is 0.473. The van der Waals surface area contributed by atoms with Crippen molar-refractivity contribution in [1.82, 2.24) is 4.98 Å². The van der Waals surface area contributed by atoms with Crippen molar-refractivity contribution >= 4 is 5.82 Å². The Hall–Kier alpha value is -1.09. The molecule has 3 rings (SSSR count). The Morgan fingerprint density at radius 2 is 2.17 bits per heavy atom. The summed E-state index contributed by atoms with van der Waals surface area (Å²) in [5, 5.41) is 0. The molecule has 2 aliphatic rings. The lowest BCUT2D eigenvalue weighted by Gasteiger charge is -2.41. The highest BCUT2D eigenvalue weighted by molar-refractivity contribution is 5.45. The van der Waals surface area contributed by atoms with Gasteiger partial charge in [0.05, 0.1) is 0 Å². The van der Waals surface area contributed by atoms with Crippen LogP contribution in [0.15, 0.2) is 12.1 Å². The fraction of sp³-hybridized carbons (Fsp3) is 0.667. The predicted molar refractivity (Wildman–Crippen MR) is 74.9 cm³/mol. The van der Waals surface area contributed by atoms with Crippen LogP contribution in [-0.2, 0) is 12.8 Å². The fourth-order valence-electron chi connectivity index (χ4n) is 3.48. The number of aromatic nitrogens is 1. The van der Waals surface area contributed by atoms with Gasteiger partial charge in [0.2, 0.25) is 0 Å². The molecular weight excluding hydrogens is 222 g/mol. The topological polar surface area (TPSA) is 42.1 Å². The van der Waals surface area contributed by atoms with Gasteiger partial charge in [-0.25, -0.2) is 4.98 Å². The average molecular weight is 245 g/mol. The van der Waals surface area contributed by atoms with E-state index in [1.54, 1.807) is 0 Å². The molecule has 1 aromatic rings. The first kappa shape index (κ1) is 12.0. The van der Waals surface area contributed by atoms with Gasteiger partial charge in [-0.3, -0.25) is 0 Å². The summed E-state index contributed by atoms with van der Waals surface area (Å²) in [6.45, 7) is 3.04. The molecule has 2 heterocycles. The van der Waals surface area contributed by atoms with Crippen molar-refractivity contribution in [2.45, 2.75) is 57.5 Å². The van der Waals surface area contributed by atoms with Gasteiger partial charge in [0.25, 0.3) is 0 Å². The van der Waals surface area contributed by atoms with E-state index >= 15 is 0 Å². The van der Waals surface area contributed by atoms with E-state index in [0.29, 0.717) is 12.1 Å². The molecule has 1 fully saturated rings. The minimum Gasteiger partial charge on any atom is -0.350 e. The van der Waals surface area contributed by atoms with E-state index in [1.165, 1.54) is 43.4 Å². The number of pyridine rings is 1. The van der Waals surface area contributed by atoms with Gasteiger partial charge < -0.3 is 10.6 Å². The zero-order valence-corrected chi connectivity index (χ0v) is 11.2. The fourth-order valence-corrected chi connectivity index (χ4v) is 3.48. The van der Waals surface area contributed by atoms with E-state index in [9.17, 15) is 0 Å². The molecule has 1 aromatic heterocycles. The molecule has 3 nitrogen and oxygen atoms in total. The smallest absolute Gasteiger partial charge is 0.129 e. The Kier molecular flexibility index (Phi) is 3.25. The van der Waals surface area contributed by atoms with Crippen LogP contribution in [0, 0.1) is 0 Å². The van der Waals surface area contributed by atoms with Gasteiger partial charge in [-0.05, 0) is 57.1 Å². The highest BCUT2D eigenvalue weighted by Gasteiger charge is 2.28. The molecule has 2 atom stereocenters. The zero-order chi connectivity index (χ0) is 12.5. The van der Waals surface area contributed by atoms with Gasteiger partial charge in [-0.1, -0.05) is 6.07 Å². The number of aryl methyl sites for hydroxylation is 2. The third-order valence-corrected chi connectivity index (χ3v) is 4.48. The van der Waals surface area contributed by atoms with E-state index in [-0.39, 0.29) is 0 Å². The normalized spacial score (nSPS) is 27.3. The van der Waals surface area contributed by atoms with Crippen LogP contribution in [0.5, 0.6) is 0 Å². The first-order chi connectivity index (χ1) is 8.79. The summed E-state index contributed by atoms with van der Waals surface area (Å²) in [4.78, 5) is 7.36. The van der Waals surface area contributed by atoms with Crippen molar-refractivity contribution in [3.8, 4) is 0 Å². The van der Waals surface area contributed by atoms with E-state index in [2.05, 4.69) is 24.0 Å². The molecule has 0 saturated carbocycles. The van der Waals surface area contributed by atoms with Crippen LogP contribution in [0.25, 0.3) is 0 Å². The van der Waals surface area contributed by atoms with E-state index in [0.717, 1.165) is 18.8 Å². The lowest BCUT2D eigenvalue weighted by molar-refractivity contribution is 0.397.